The normalized spacial score (nSPS) is 12.0. The predicted molar refractivity (Wildman–Crippen MR) is 93.1 cm³/mol. The highest BCUT2D eigenvalue weighted by Crippen LogP contribution is 2.27. The lowest BCUT2D eigenvalue weighted by atomic mass is 10.2. The number of hydrogen-bond acceptors (Lipinski definition) is 5. The molecule has 1 unspecified atom stereocenters. The van der Waals surface area contributed by atoms with Crippen molar-refractivity contribution in [3.8, 4) is 0 Å². The lowest BCUT2D eigenvalue weighted by molar-refractivity contribution is -0.384. The molecule has 0 aliphatic carbocycles. The number of para-hydroxylation sites is 1. The van der Waals surface area contributed by atoms with Gasteiger partial charge in [-0.25, -0.2) is 0 Å². The van der Waals surface area contributed by atoms with Gasteiger partial charge in [0.25, 0.3) is 5.69 Å². The summed E-state index contributed by atoms with van der Waals surface area (Å²) >= 11 is 1.34. The summed E-state index contributed by atoms with van der Waals surface area (Å²) in [7, 11) is 0. The standard InChI is InChI=1S/C16H14N4O3S/c1-10(24-13-7-5-12(6-8-13)20(22)23)16(21)18-14-4-2-3-11-9-17-19-15(11)14/h2-10H,1H3,(H,17,19)(H,18,21). The number of anilines is 1. The van der Waals surface area contributed by atoms with E-state index in [1.54, 1.807) is 25.3 Å². The number of rotatable bonds is 5. The molecule has 3 rings (SSSR count). The van der Waals surface area contributed by atoms with Crippen molar-refractivity contribution in [2.45, 2.75) is 17.1 Å². The number of aromatic amines is 1. The molecule has 0 aliphatic rings. The minimum Gasteiger partial charge on any atom is -0.323 e. The topological polar surface area (TPSA) is 101 Å². The van der Waals surface area contributed by atoms with Crippen LogP contribution in [-0.4, -0.2) is 26.3 Å². The molecular formula is C16H14N4O3S. The second kappa shape index (κ2) is 6.71. The fourth-order valence-electron chi connectivity index (χ4n) is 2.21. The van der Waals surface area contributed by atoms with Crippen LogP contribution >= 0.6 is 11.8 Å². The third-order valence-corrected chi connectivity index (χ3v) is 4.58. The van der Waals surface area contributed by atoms with Gasteiger partial charge in [-0.2, -0.15) is 5.10 Å². The van der Waals surface area contributed by atoms with Gasteiger partial charge in [-0.05, 0) is 25.1 Å². The predicted octanol–water partition coefficient (Wildman–Crippen LogP) is 3.59. The van der Waals surface area contributed by atoms with E-state index in [0.29, 0.717) is 5.69 Å². The molecule has 0 spiro atoms. The average molecular weight is 342 g/mol. The van der Waals surface area contributed by atoms with E-state index in [1.165, 1.54) is 23.9 Å². The van der Waals surface area contributed by atoms with E-state index in [2.05, 4.69) is 15.5 Å². The lowest BCUT2D eigenvalue weighted by Crippen LogP contribution is -2.22. The fraction of sp³-hybridized carbons (Fsp3) is 0.125. The van der Waals surface area contributed by atoms with E-state index in [9.17, 15) is 14.9 Å². The number of benzene rings is 2. The zero-order chi connectivity index (χ0) is 17.1. The molecule has 0 saturated heterocycles. The smallest absolute Gasteiger partial charge is 0.269 e. The first-order chi connectivity index (χ1) is 11.5. The third-order valence-electron chi connectivity index (χ3n) is 3.46. The van der Waals surface area contributed by atoms with Crippen LogP contribution in [0.5, 0.6) is 0 Å². The molecule has 0 saturated carbocycles. The number of non-ortho nitro benzene ring substituents is 1. The van der Waals surface area contributed by atoms with E-state index < -0.39 is 4.92 Å². The molecule has 2 aromatic carbocycles. The van der Waals surface area contributed by atoms with Gasteiger partial charge in [0.15, 0.2) is 0 Å². The van der Waals surface area contributed by atoms with Crippen molar-refractivity contribution in [2.75, 3.05) is 5.32 Å². The second-order valence-corrected chi connectivity index (χ2v) is 6.55. The number of hydrogen-bond donors (Lipinski definition) is 2. The van der Waals surface area contributed by atoms with Crippen LogP contribution in [-0.2, 0) is 4.79 Å². The van der Waals surface area contributed by atoms with Crippen LogP contribution < -0.4 is 5.32 Å². The molecule has 24 heavy (non-hydrogen) atoms. The lowest BCUT2D eigenvalue weighted by Gasteiger charge is -2.12. The summed E-state index contributed by atoms with van der Waals surface area (Å²) in [5, 5.41) is 20.9. The maximum Gasteiger partial charge on any atom is 0.269 e. The largest absolute Gasteiger partial charge is 0.323 e. The van der Waals surface area contributed by atoms with Crippen LogP contribution in [0.15, 0.2) is 53.6 Å². The van der Waals surface area contributed by atoms with Crippen LogP contribution in [0.4, 0.5) is 11.4 Å². The zero-order valence-electron chi connectivity index (χ0n) is 12.7. The van der Waals surface area contributed by atoms with Crippen LogP contribution in [0.25, 0.3) is 10.9 Å². The zero-order valence-corrected chi connectivity index (χ0v) is 13.5. The Bertz CT molecular complexity index is 892. The Kier molecular flexibility index (Phi) is 4.48. The van der Waals surface area contributed by atoms with Gasteiger partial charge in [-0.3, -0.25) is 20.0 Å². The van der Waals surface area contributed by atoms with Crippen molar-refractivity contribution in [1.82, 2.24) is 10.2 Å². The van der Waals surface area contributed by atoms with E-state index >= 15 is 0 Å². The van der Waals surface area contributed by atoms with Gasteiger partial charge in [0.1, 0.15) is 0 Å². The van der Waals surface area contributed by atoms with Crippen LogP contribution in [0, 0.1) is 10.1 Å². The maximum atomic E-state index is 12.4. The number of aromatic nitrogens is 2. The van der Waals surface area contributed by atoms with E-state index in [-0.39, 0.29) is 16.8 Å². The number of nitro benzene ring substituents is 1. The number of amides is 1. The van der Waals surface area contributed by atoms with Crippen LogP contribution in [0.3, 0.4) is 0 Å². The SMILES string of the molecule is CC(Sc1ccc([N+](=O)[O-])cc1)C(=O)Nc1cccc2cn[nH]c12. The van der Waals surface area contributed by atoms with Gasteiger partial charge in [0.05, 0.1) is 27.6 Å². The van der Waals surface area contributed by atoms with Crippen molar-refractivity contribution in [1.29, 1.82) is 0 Å². The highest BCUT2D eigenvalue weighted by atomic mass is 32.2. The number of carbonyl (C=O) groups excluding carboxylic acids is 1. The number of nitrogens with one attached hydrogen (secondary N) is 2. The highest BCUT2D eigenvalue weighted by Gasteiger charge is 2.16. The first kappa shape index (κ1) is 16.0. The summed E-state index contributed by atoms with van der Waals surface area (Å²) in [6.45, 7) is 1.79. The average Bonchev–Trinajstić information content (AvgIpc) is 3.05. The molecule has 122 valence electrons. The number of fused-ring (bicyclic) bond motifs is 1. The first-order valence-electron chi connectivity index (χ1n) is 7.18. The quantitative estimate of drug-likeness (QED) is 0.419. The van der Waals surface area contributed by atoms with E-state index in [0.717, 1.165) is 15.8 Å². The van der Waals surface area contributed by atoms with Gasteiger partial charge in [0, 0.05) is 22.4 Å². The van der Waals surface area contributed by atoms with Gasteiger partial charge >= 0.3 is 0 Å². The maximum absolute atomic E-state index is 12.4. The van der Waals surface area contributed by atoms with Crippen molar-refractivity contribution in [3.05, 3.63) is 58.8 Å². The monoisotopic (exact) mass is 342 g/mol. The summed E-state index contributed by atoms with van der Waals surface area (Å²) in [4.78, 5) is 23.4. The molecule has 7 nitrogen and oxygen atoms in total. The molecule has 1 aromatic heterocycles. The molecule has 3 aromatic rings. The Morgan fingerprint density at radius 3 is 2.75 bits per heavy atom. The molecule has 0 radical (unpaired) electrons. The molecule has 2 N–H and O–H groups in total. The van der Waals surface area contributed by atoms with Gasteiger partial charge in [-0.15, -0.1) is 11.8 Å². The summed E-state index contributed by atoms with van der Waals surface area (Å²) < 4.78 is 0. The molecule has 0 aliphatic heterocycles. The minimum atomic E-state index is -0.449. The van der Waals surface area contributed by atoms with Crippen molar-refractivity contribution < 1.29 is 9.72 Å². The number of nitrogens with zero attached hydrogens (tertiary/aromatic N) is 2. The van der Waals surface area contributed by atoms with Crippen molar-refractivity contribution in [3.63, 3.8) is 0 Å². The molecule has 0 bridgehead atoms. The molecule has 8 heteroatoms. The number of thioether (sulfide) groups is 1. The molecular weight excluding hydrogens is 328 g/mol. The Hall–Kier alpha value is -2.87. The Morgan fingerprint density at radius 2 is 2.04 bits per heavy atom. The summed E-state index contributed by atoms with van der Waals surface area (Å²) in [6.07, 6.45) is 1.69. The second-order valence-electron chi connectivity index (χ2n) is 5.14. The fourth-order valence-corrected chi connectivity index (χ4v) is 3.08. The number of H-pyrrole nitrogens is 1. The summed E-state index contributed by atoms with van der Waals surface area (Å²) in [5.41, 5.74) is 1.48. The highest BCUT2D eigenvalue weighted by molar-refractivity contribution is 8.00. The van der Waals surface area contributed by atoms with E-state index in [4.69, 9.17) is 0 Å². The minimum absolute atomic E-state index is 0.0300. The number of nitro groups is 1. The van der Waals surface area contributed by atoms with Crippen LogP contribution in [0.1, 0.15) is 6.92 Å². The first-order valence-corrected chi connectivity index (χ1v) is 8.06. The Morgan fingerprint density at radius 1 is 1.29 bits per heavy atom. The molecule has 1 atom stereocenters. The number of carbonyl (C=O) groups is 1. The Labute approximate surface area is 141 Å². The van der Waals surface area contributed by atoms with Gasteiger partial charge in [0.2, 0.25) is 5.91 Å². The summed E-state index contributed by atoms with van der Waals surface area (Å²) in [5.74, 6) is -0.152. The summed E-state index contributed by atoms with van der Waals surface area (Å²) in [6, 6.07) is 11.7. The third kappa shape index (κ3) is 3.38. The van der Waals surface area contributed by atoms with Gasteiger partial charge in [-0.1, -0.05) is 12.1 Å². The van der Waals surface area contributed by atoms with E-state index in [1.807, 2.05) is 18.2 Å². The Balaban J connectivity index is 1.68. The van der Waals surface area contributed by atoms with Gasteiger partial charge < -0.3 is 5.32 Å². The molecule has 1 amide bonds. The van der Waals surface area contributed by atoms with Crippen molar-refractivity contribution in [2.24, 2.45) is 0 Å². The molecule has 0 fully saturated rings. The van der Waals surface area contributed by atoms with Crippen molar-refractivity contribution >= 4 is 39.9 Å². The molecule has 1 heterocycles. The van der Waals surface area contributed by atoms with Crippen LogP contribution in [0.2, 0.25) is 0 Å².